The minimum Gasteiger partial charge on any atom is -0.394 e. The van der Waals surface area contributed by atoms with Crippen molar-refractivity contribution in [3.8, 4) is 0 Å². The summed E-state index contributed by atoms with van der Waals surface area (Å²) >= 11 is 0. The lowest BCUT2D eigenvalue weighted by molar-refractivity contribution is -0.247. The summed E-state index contributed by atoms with van der Waals surface area (Å²) in [5.41, 5.74) is 0.480. The van der Waals surface area contributed by atoms with E-state index in [-0.39, 0.29) is 0 Å². The maximum absolute atomic E-state index is 12.2. The van der Waals surface area contributed by atoms with Crippen LogP contribution in [0.4, 0.5) is 0 Å². The van der Waals surface area contributed by atoms with Gasteiger partial charge >= 0.3 is 15.6 Å². The van der Waals surface area contributed by atoms with Crippen molar-refractivity contribution in [1.29, 1.82) is 0 Å². The Hall–Kier alpha value is -1.21. The van der Waals surface area contributed by atoms with Crippen molar-refractivity contribution in [1.82, 2.24) is 5.32 Å². The largest absolute Gasteiger partial charge is 0.483 e. The highest BCUT2D eigenvalue weighted by Crippen LogP contribution is 2.61. The number of phosphoric acid groups is 2. The van der Waals surface area contributed by atoms with Gasteiger partial charge in [0.25, 0.3) is 0 Å². The first-order valence-corrected chi connectivity index (χ1v) is 11.6. The molecule has 1 heterocycles. The van der Waals surface area contributed by atoms with Gasteiger partial charge in [0.2, 0.25) is 5.91 Å². The predicted octanol–water partition coefficient (Wildman–Crippen LogP) is -0.619. The Morgan fingerprint density at radius 2 is 1.77 bits per heavy atom. The number of phosphoric ester groups is 2. The van der Waals surface area contributed by atoms with E-state index in [1.54, 1.807) is 30.3 Å². The second kappa shape index (κ2) is 10.4. The molecule has 0 aliphatic carbocycles. The van der Waals surface area contributed by atoms with E-state index >= 15 is 0 Å². The smallest absolute Gasteiger partial charge is 0.394 e. The maximum Gasteiger partial charge on any atom is 0.483 e. The quantitative estimate of drug-likeness (QED) is 0.250. The van der Waals surface area contributed by atoms with Crippen LogP contribution < -0.4 is 5.32 Å². The number of benzene rings is 1. The Balaban J connectivity index is 2.08. The van der Waals surface area contributed by atoms with Crippen molar-refractivity contribution in [2.45, 2.75) is 44.2 Å². The van der Waals surface area contributed by atoms with Crippen LogP contribution in [0.25, 0.3) is 0 Å². The monoisotopic (exact) mass is 471 g/mol. The highest BCUT2D eigenvalue weighted by atomic mass is 31.3. The summed E-state index contributed by atoms with van der Waals surface area (Å²) in [7, 11) is -10.4. The molecule has 7 atom stereocenters. The van der Waals surface area contributed by atoms with Crippen LogP contribution >= 0.6 is 15.6 Å². The number of nitrogens with one attached hydrogen (secondary N) is 1. The summed E-state index contributed by atoms with van der Waals surface area (Å²) in [6.07, 6.45) is -6.79. The van der Waals surface area contributed by atoms with Gasteiger partial charge in [-0.25, -0.2) is 9.13 Å². The molecule has 0 bridgehead atoms. The van der Waals surface area contributed by atoms with Gasteiger partial charge < -0.3 is 35.2 Å². The minimum absolute atomic E-state index is 0.416. The molecule has 2 unspecified atom stereocenters. The third-order valence-electron chi connectivity index (χ3n) is 3.93. The number of amides is 1. The molecule has 0 aromatic heterocycles. The average Bonchev–Trinajstić information content (AvgIpc) is 2.65. The van der Waals surface area contributed by atoms with Gasteiger partial charge in [0.15, 0.2) is 6.29 Å². The molecule has 2 rings (SSSR count). The summed E-state index contributed by atoms with van der Waals surface area (Å²) < 4.78 is 42.9. The van der Waals surface area contributed by atoms with E-state index in [0.29, 0.717) is 5.56 Å². The Morgan fingerprint density at radius 1 is 1.13 bits per heavy atom. The van der Waals surface area contributed by atoms with E-state index in [9.17, 15) is 39.0 Å². The molecule has 13 nitrogen and oxygen atoms in total. The lowest BCUT2D eigenvalue weighted by atomic mass is 9.97. The molecule has 15 heteroatoms. The third kappa shape index (κ3) is 7.19. The molecule has 0 radical (unpaired) electrons. The highest BCUT2D eigenvalue weighted by molar-refractivity contribution is 7.61. The number of ether oxygens (including phenoxy) is 1. The van der Waals surface area contributed by atoms with Crippen molar-refractivity contribution in [3.05, 3.63) is 35.9 Å². The van der Waals surface area contributed by atoms with Gasteiger partial charge in [0.05, 0.1) is 13.2 Å². The Kier molecular flexibility index (Phi) is 8.69. The average molecular weight is 471 g/mol. The van der Waals surface area contributed by atoms with Crippen molar-refractivity contribution < 1.29 is 57.1 Å². The summed E-state index contributed by atoms with van der Waals surface area (Å²) in [6, 6.07) is 6.57. The molecule has 1 aromatic carbocycles. The van der Waals surface area contributed by atoms with E-state index in [1.807, 2.05) is 0 Å². The summed E-state index contributed by atoms with van der Waals surface area (Å²) in [4.78, 5) is 30.9. The maximum atomic E-state index is 12.2. The van der Waals surface area contributed by atoms with Gasteiger partial charge in [0, 0.05) is 6.92 Å². The van der Waals surface area contributed by atoms with Crippen LogP contribution in [-0.2, 0) is 38.6 Å². The fourth-order valence-electron chi connectivity index (χ4n) is 2.60. The van der Waals surface area contributed by atoms with Gasteiger partial charge in [-0.1, -0.05) is 30.3 Å². The molecule has 30 heavy (non-hydrogen) atoms. The number of hydrogen-bond donors (Lipinski definition) is 6. The highest BCUT2D eigenvalue weighted by Gasteiger charge is 2.49. The molecular formula is C15H23NO12P2. The van der Waals surface area contributed by atoms with E-state index in [2.05, 4.69) is 18.7 Å². The predicted molar refractivity (Wildman–Crippen MR) is 98.4 cm³/mol. The number of rotatable bonds is 9. The van der Waals surface area contributed by atoms with Gasteiger partial charge in [-0.3, -0.25) is 13.8 Å². The van der Waals surface area contributed by atoms with E-state index in [0.717, 1.165) is 6.92 Å². The molecule has 1 amide bonds. The molecule has 1 aliphatic heterocycles. The molecule has 1 aromatic rings. The number of aliphatic hydroxyl groups excluding tert-OH is 3. The number of hydrogen-bond acceptors (Lipinski definition) is 10. The minimum atomic E-state index is -5.36. The zero-order valence-electron chi connectivity index (χ0n) is 15.7. The van der Waals surface area contributed by atoms with E-state index < -0.39 is 65.4 Å². The van der Waals surface area contributed by atoms with Gasteiger partial charge in [-0.05, 0) is 5.56 Å². The zero-order chi connectivity index (χ0) is 22.5. The van der Waals surface area contributed by atoms with Gasteiger partial charge in [-0.2, -0.15) is 4.31 Å². The van der Waals surface area contributed by atoms with Crippen molar-refractivity contribution in [3.63, 3.8) is 0 Å². The second-order valence-corrected chi connectivity index (χ2v) is 9.31. The van der Waals surface area contributed by atoms with Crippen LogP contribution in [0.15, 0.2) is 30.3 Å². The lowest BCUT2D eigenvalue weighted by Gasteiger charge is -2.42. The molecular weight excluding hydrogens is 448 g/mol. The standard InChI is InChI=1S/C15H23NO12P2/c1-9(18)16-12-14(20)13(19)11(7-17)26-15(12)27-30(23,24)28-29(21,22)25-8-10-5-3-2-4-6-10/h2-6,11-15,17,19-20H,7-8H2,1H3,(H,16,18)(H,21,22)(H,23,24)/t11-,12-,13-,14-,15-/m1/s1. The summed E-state index contributed by atoms with van der Waals surface area (Å²) in [5.74, 6) is -0.710. The van der Waals surface area contributed by atoms with Crippen LogP contribution in [0.3, 0.4) is 0 Å². The first-order valence-electron chi connectivity index (χ1n) is 8.57. The van der Waals surface area contributed by atoms with E-state index in [1.165, 1.54) is 0 Å². The van der Waals surface area contributed by atoms with Crippen LogP contribution in [0.2, 0.25) is 0 Å². The fraction of sp³-hybridized carbons (Fsp3) is 0.533. The van der Waals surface area contributed by atoms with Crippen molar-refractivity contribution >= 4 is 21.6 Å². The number of aliphatic hydroxyl groups is 3. The first kappa shape index (κ1) is 25.1. The summed E-state index contributed by atoms with van der Waals surface area (Å²) in [5, 5.41) is 31.4. The SMILES string of the molecule is CC(=O)N[C@H]1[C@@H](OP(=O)(O)OP(=O)(O)OCc2ccccc2)O[C@H](CO)[C@@H](O)[C@@H]1O. The van der Waals surface area contributed by atoms with Gasteiger partial charge in [0.1, 0.15) is 24.4 Å². The molecule has 0 spiro atoms. The zero-order valence-corrected chi connectivity index (χ0v) is 17.5. The van der Waals surface area contributed by atoms with Gasteiger partial charge in [-0.15, -0.1) is 0 Å². The normalized spacial score (nSPS) is 30.8. The van der Waals surface area contributed by atoms with Crippen LogP contribution in [0.1, 0.15) is 12.5 Å². The fourth-order valence-corrected chi connectivity index (χ4v) is 4.74. The van der Waals surface area contributed by atoms with Crippen molar-refractivity contribution in [2.75, 3.05) is 6.61 Å². The lowest BCUT2D eigenvalue weighted by Crippen LogP contribution is -2.64. The number of carbonyl (C=O) groups excluding carboxylic acids is 1. The van der Waals surface area contributed by atoms with Crippen molar-refractivity contribution in [2.24, 2.45) is 0 Å². The molecule has 0 saturated carbocycles. The summed E-state index contributed by atoms with van der Waals surface area (Å²) in [6.45, 7) is -0.163. The molecule has 1 aliphatic rings. The molecule has 1 saturated heterocycles. The number of carbonyl (C=O) groups is 1. The Bertz CT molecular complexity index is 808. The Morgan fingerprint density at radius 3 is 2.33 bits per heavy atom. The van der Waals surface area contributed by atoms with E-state index in [4.69, 9.17) is 4.74 Å². The topological polar surface area (TPSA) is 201 Å². The molecule has 6 N–H and O–H groups in total. The first-order chi connectivity index (χ1) is 13.9. The second-order valence-electron chi connectivity index (χ2n) is 6.32. The molecule has 1 fully saturated rings. The van der Waals surface area contributed by atoms with Crippen LogP contribution in [0.5, 0.6) is 0 Å². The van der Waals surface area contributed by atoms with Crippen LogP contribution in [-0.4, -0.2) is 68.3 Å². The third-order valence-corrected chi connectivity index (χ3v) is 6.51. The molecule has 170 valence electrons. The Labute approximate surface area is 171 Å². The van der Waals surface area contributed by atoms with Crippen LogP contribution in [0, 0.1) is 0 Å².